The second-order valence-electron chi connectivity index (χ2n) is 6.99. The van der Waals surface area contributed by atoms with E-state index in [4.69, 9.17) is 10.00 Å². The van der Waals surface area contributed by atoms with Crippen LogP contribution in [0.5, 0.6) is 0 Å². The summed E-state index contributed by atoms with van der Waals surface area (Å²) in [4.78, 5) is 0. The number of ether oxygens (including phenoxy) is 1. The van der Waals surface area contributed by atoms with Crippen LogP contribution in [0.3, 0.4) is 0 Å². The van der Waals surface area contributed by atoms with Gasteiger partial charge in [0.1, 0.15) is 5.25 Å². The van der Waals surface area contributed by atoms with Crippen molar-refractivity contribution in [1.29, 1.82) is 5.26 Å². The number of sulfonamides is 1. The molecule has 0 radical (unpaired) electrons. The van der Waals surface area contributed by atoms with Gasteiger partial charge in [-0.2, -0.15) is 18.4 Å². The van der Waals surface area contributed by atoms with Gasteiger partial charge in [0.05, 0.1) is 34.6 Å². The number of rotatable bonds is 1. The van der Waals surface area contributed by atoms with Gasteiger partial charge < -0.3 is 4.74 Å². The van der Waals surface area contributed by atoms with Crippen molar-refractivity contribution in [2.24, 2.45) is 5.92 Å². The van der Waals surface area contributed by atoms with Crippen molar-refractivity contribution < 1.29 is 26.3 Å². The zero-order valence-electron chi connectivity index (χ0n) is 13.2. The van der Waals surface area contributed by atoms with Crippen molar-refractivity contribution in [2.75, 3.05) is 10.8 Å². The largest absolute Gasteiger partial charge is 0.417 e. The summed E-state index contributed by atoms with van der Waals surface area (Å²) in [5, 5.41) is 8.17. The molecule has 1 aromatic rings. The predicted molar refractivity (Wildman–Crippen MR) is 82.2 cm³/mol. The number of hydrogen-bond acceptors (Lipinski definition) is 4. The van der Waals surface area contributed by atoms with E-state index in [1.165, 1.54) is 12.1 Å². The smallest absolute Gasteiger partial charge is 0.370 e. The predicted octanol–water partition coefficient (Wildman–Crippen LogP) is 2.66. The minimum Gasteiger partial charge on any atom is -0.370 e. The van der Waals surface area contributed by atoms with Gasteiger partial charge in [-0.05, 0) is 38.0 Å². The molecule has 0 saturated carbocycles. The van der Waals surface area contributed by atoms with Gasteiger partial charge in [-0.15, -0.1) is 0 Å². The van der Waals surface area contributed by atoms with Gasteiger partial charge in [0.2, 0.25) is 10.0 Å². The van der Waals surface area contributed by atoms with Crippen molar-refractivity contribution in [3.8, 4) is 6.07 Å². The van der Waals surface area contributed by atoms with Crippen molar-refractivity contribution in [2.45, 2.75) is 42.9 Å². The molecule has 3 aliphatic rings. The van der Waals surface area contributed by atoms with Crippen molar-refractivity contribution in [3.63, 3.8) is 0 Å². The third-order valence-corrected chi connectivity index (χ3v) is 7.92. The lowest BCUT2D eigenvalue weighted by atomic mass is 9.79. The van der Waals surface area contributed by atoms with E-state index < -0.39 is 44.3 Å². The Bertz CT molecular complexity index is 893. The van der Waals surface area contributed by atoms with E-state index in [1.807, 2.05) is 6.92 Å². The van der Waals surface area contributed by atoms with E-state index in [-0.39, 0.29) is 18.2 Å². The van der Waals surface area contributed by atoms with E-state index in [0.717, 1.165) is 22.9 Å². The SMILES string of the molecule is C[C@]12CC[C@H](O1)[C@H]1[C@@H]2CN(c2ccc(C#N)c(C(F)(F)F)c2)S1(=O)=O. The van der Waals surface area contributed by atoms with Crippen LogP contribution in [0.15, 0.2) is 18.2 Å². The molecule has 25 heavy (non-hydrogen) atoms. The van der Waals surface area contributed by atoms with Gasteiger partial charge in [0.25, 0.3) is 0 Å². The molecule has 4 rings (SSSR count). The standard InChI is InChI=1S/C16H15F3N2O3S/c1-15-5-4-13(24-15)14-12(15)8-21(25(14,22)23)10-3-2-9(7-20)11(6-10)16(17,18)19/h2-3,6,12-14H,4-5,8H2,1H3/t12-,13-,14+,15+/m0/s1. The van der Waals surface area contributed by atoms with Crippen molar-refractivity contribution in [1.82, 2.24) is 0 Å². The number of nitrogens with zero attached hydrogens (tertiary/aromatic N) is 2. The van der Waals surface area contributed by atoms with Crippen LogP contribution in [0.4, 0.5) is 18.9 Å². The molecule has 3 saturated heterocycles. The van der Waals surface area contributed by atoms with Crippen LogP contribution in [0, 0.1) is 17.2 Å². The fourth-order valence-corrected chi connectivity index (χ4v) is 6.83. The number of halogens is 3. The van der Waals surface area contributed by atoms with E-state index in [0.29, 0.717) is 6.42 Å². The molecular weight excluding hydrogens is 357 g/mol. The Balaban J connectivity index is 1.78. The average molecular weight is 372 g/mol. The van der Waals surface area contributed by atoms with Gasteiger partial charge >= 0.3 is 6.18 Å². The molecule has 0 amide bonds. The quantitative estimate of drug-likeness (QED) is 0.760. The lowest BCUT2D eigenvalue weighted by molar-refractivity contribution is -0.137. The molecule has 0 N–H and O–H groups in total. The highest BCUT2D eigenvalue weighted by atomic mass is 32.2. The van der Waals surface area contributed by atoms with E-state index >= 15 is 0 Å². The summed E-state index contributed by atoms with van der Waals surface area (Å²) in [6, 6.07) is 4.54. The number of fused-ring (bicyclic) bond motifs is 5. The average Bonchev–Trinajstić information content (AvgIpc) is 3.13. The molecule has 0 unspecified atom stereocenters. The summed E-state index contributed by atoms with van der Waals surface area (Å²) in [5.74, 6) is -0.263. The molecular formula is C16H15F3N2O3S. The Morgan fingerprint density at radius 1 is 1.40 bits per heavy atom. The van der Waals surface area contributed by atoms with E-state index in [1.54, 1.807) is 0 Å². The number of nitriles is 1. The lowest BCUT2D eigenvalue weighted by Gasteiger charge is -2.27. The zero-order chi connectivity index (χ0) is 18.2. The van der Waals surface area contributed by atoms with Crippen LogP contribution >= 0.6 is 0 Å². The Kier molecular flexibility index (Phi) is 3.26. The highest BCUT2D eigenvalue weighted by Crippen LogP contribution is 2.54. The normalized spacial score (nSPS) is 35.6. The Hall–Kier alpha value is -1.79. The minimum atomic E-state index is -4.73. The minimum absolute atomic E-state index is 0.0521. The first kappa shape index (κ1) is 16.7. The Morgan fingerprint density at radius 3 is 2.72 bits per heavy atom. The van der Waals surface area contributed by atoms with Crippen LogP contribution in [-0.2, 0) is 20.9 Å². The maximum absolute atomic E-state index is 13.2. The van der Waals surface area contributed by atoms with Crippen LogP contribution in [0.1, 0.15) is 30.9 Å². The molecule has 3 fully saturated rings. The monoisotopic (exact) mass is 372 g/mol. The maximum Gasteiger partial charge on any atom is 0.417 e. The molecule has 3 heterocycles. The highest BCUT2D eigenvalue weighted by Gasteiger charge is 2.66. The topological polar surface area (TPSA) is 70.4 Å². The van der Waals surface area contributed by atoms with Crippen LogP contribution in [0.25, 0.3) is 0 Å². The number of hydrogen-bond donors (Lipinski definition) is 0. The maximum atomic E-state index is 13.2. The van der Waals surface area contributed by atoms with Crippen molar-refractivity contribution in [3.05, 3.63) is 29.3 Å². The number of anilines is 1. The lowest BCUT2D eigenvalue weighted by Crippen LogP contribution is -2.38. The molecule has 0 aliphatic carbocycles. The van der Waals surface area contributed by atoms with Gasteiger partial charge in [0, 0.05) is 12.5 Å². The third kappa shape index (κ3) is 2.20. The molecule has 2 bridgehead atoms. The Labute approximate surface area is 143 Å². The van der Waals surface area contributed by atoms with Crippen LogP contribution < -0.4 is 4.31 Å². The van der Waals surface area contributed by atoms with E-state index in [9.17, 15) is 21.6 Å². The number of benzene rings is 1. The summed E-state index contributed by atoms with van der Waals surface area (Å²) in [5.41, 5.74) is -2.24. The second-order valence-corrected chi connectivity index (χ2v) is 9.01. The van der Waals surface area contributed by atoms with Crippen molar-refractivity contribution >= 4 is 15.7 Å². The fraction of sp³-hybridized carbons (Fsp3) is 0.562. The Morgan fingerprint density at radius 2 is 2.12 bits per heavy atom. The van der Waals surface area contributed by atoms with Gasteiger partial charge in [-0.3, -0.25) is 4.31 Å². The third-order valence-electron chi connectivity index (χ3n) is 5.62. The molecule has 1 aromatic carbocycles. The molecule has 0 spiro atoms. The molecule has 5 nitrogen and oxygen atoms in total. The van der Waals surface area contributed by atoms with Gasteiger partial charge in [0.15, 0.2) is 0 Å². The molecule has 134 valence electrons. The molecule has 9 heteroatoms. The summed E-state index contributed by atoms with van der Waals surface area (Å²) >= 11 is 0. The first-order chi connectivity index (χ1) is 11.6. The van der Waals surface area contributed by atoms with Gasteiger partial charge in [-0.25, -0.2) is 8.42 Å². The first-order valence-electron chi connectivity index (χ1n) is 7.89. The second kappa shape index (κ2) is 4.89. The summed E-state index contributed by atoms with van der Waals surface area (Å²) < 4.78 is 72.3. The van der Waals surface area contributed by atoms with E-state index in [2.05, 4.69) is 0 Å². The summed E-state index contributed by atoms with van der Waals surface area (Å²) in [7, 11) is -3.81. The molecule has 3 aliphatic heterocycles. The first-order valence-corrected chi connectivity index (χ1v) is 9.39. The van der Waals surface area contributed by atoms with Crippen LogP contribution in [-0.4, -0.2) is 31.9 Å². The summed E-state index contributed by atoms with van der Waals surface area (Å²) in [6.45, 7) is 1.97. The van der Waals surface area contributed by atoms with Crippen LogP contribution in [0.2, 0.25) is 0 Å². The summed E-state index contributed by atoms with van der Waals surface area (Å²) in [6.07, 6.45) is -3.73. The highest BCUT2D eigenvalue weighted by molar-refractivity contribution is 7.93. The zero-order valence-corrected chi connectivity index (χ0v) is 14.1. The fourth-order valence-electron chi connectivity index (χ4n) is 4.40. The molecule has 4 atom stereocenters. The number of alkyl halides is 3. The van der Waals surface area contributed by atoms with Gasteiger partial charge in [-0.1, -0.05) is 0 Å². The molecule has 0 aromatic heterocycles.